The molecule has 0 aliphatic rings. The average Bonchev–Trinajstić information content (AvgIpc) is 3.30. The van der Waals surface area contributed by atoms with Crippen LogP contribution in [0, 0.1) is 0 Å². The minimum absolute atomic E-state index is 0.0269. The molecule has 2 heterocycles. The van der Waals surface area contributed by atoms with Crippen LogP contribution < -0.4 is 10.1 Å². The highest BCUT2D eigenvalue weighted by atomic mass is 32.1. The molecule has 0 bridgehead atoms. The number of para-hydroxylation sites is 1. The fourth-order valence-corrected chi connectivity index (χ4v) is 3.94. The van der Waals surface area contributed by atoms with Crippen molar-refractivity contribution in [1.29, 1.82) is 0 Å². The first-order valence-corrected chi connectivity index (χ1v) is 10.1. The van der Waals surface area contributed by atoms with E-state index in [0.717, 1.165) is 33.2 Å². The molecule has 142 valence electrons. The summed E-state index contributed by atoms with van der Waals surface area (Å²) in [6, 6.07) is 17.8. The number of carbonyl (C=O) groups excluding carboxylic acids is 1. The first kappa shape index (κ1) is 18.3. The number of carbonyl (C=O) groups is 1. The normalized spacial score (nSPS) is 10.9. The van der Waals surface area contributed by atoms with E-state index in [2.05, 4.69) is 10.3 Å². The number of imidazole rings is 1. The second-order valence-electron chi connectivity index (χ2n) is 6.37. The van der Waals surface area contributed by atoms with Gasteiger partial charge in [0.15, 0.2) is 4.96 Å². The van der Waals surface area contributed by atoms with Crippen molar-refractivity contribution in [1.82, 2.24) is 14.7 Å². The molecule has 0 radical (unpaired) electrons. The number of thiazole rings is 1. The van der Waals surface area contributed by atoms with Gasteiger partial charge in [-0.1, -0.05) is 48.5 Å². The topological polar surface area (TPSA) is 55.6 Å². The third-order valence-electron chi connectivity index (χ3n) is 4.44. The number of ether oxygens (including phenoxy) is 1. The monoisotopic (exact) mass is 391 g/mol. The van der Waals surface area contributed by atoms with Crippen LogP contribution in [0.1, 0.15) is 18.2 Å². The molecule has 4 aromatic rings. The van der Waals surface area contributed by atoms with Crippen molar-refractivity contribution in [3.8, 4) is 17.0 Å². The Morgan fingerprint density at radius 2 is 1.93 bits per heavy atom. The zero-order chi connectivity index (χ0) is 19.3. The van der Waals surface area contributed by atoms with Gasteiger partial charge in [0.2, 0.25) is 5.91 Å². The lowest BCUT2D eigenvalue weighted by Gasteiger charge is -2.10. The number of rotatable bonds is 7. The number of aromatic nitrogens is 2. The Kier molecular flexibility index (Phi) is 5.39. The van der Waals surface area contributed by atoms with Gasteiger partial charge in [-0.2, -0.15) is 0 Å². The van der Waals surface area contributed by atoms with Crippen LogP contribution in [0.15, 0.2) is 66.2 Å². The predicted molar refractivity (Wildman–Crippen MR) is 112 cm³/mol. The second-order valence-corrected chi connectivity index (χ2v) is 7.20. The smallest absolute Gasteiger partial charge is 0.226 e. The molecule has 0 atom stereocenters. The standard InChI is InChI=1S/C22H21N3O2S/c1-2-27-20-11-7-6-10-17(20)13-23-21(26)12-18-15-28-22-24-19(14-25(18)22)16-8-4-3-5-9-16/h3-11,14-15H,2,12-13H2,1H3,(H,23,26). The van der Waals surface area contributed by atoms with Crippen LogP contribution in [-0.4, -0.2) is 21.9 Å². The summed E-state index contributed by atoms with van der Waals surface area (Å²) < 4.78 is 7.62. The van der Waals surface area contributed by atoms with Gasteiger partial charge in [0.05, 0.1) is 18.7 Å². The molecule has 0 saturated heterocycles. The third-order valence-corrected chi connectivity index (χ3v) is 5.33. The van der Waals surface area contributed by atoms with Crippen molar-refractivity contribution in [3.63, 3.8) is 0 Å². The van der Waals surface area contributed by atoms with E-state index in [0.29, 0.717) is 19.6 Å². The summed E-state index contributed by atoms with van der Waals surface area (Å²) in [6.07, 6.45) is 2.30. The number of fused-ring (bicyclic) bond motifs is 1. The lowest BCUT2D eigenvalue weighted by molar-refractivity contribution is -0.120. The Bertz CT molecular complexity index is 1090. The highest BCUT2D eigenvalue weighted by Crippen LogP contribution is 2.24. The Balaban J connectivity index is 1.45. The van der Waals surface area contributed by atoms with Crippen LogP contribution in [0.2, 0.25) is 0 Å². The van der Waals surface area contributed by atoms with Crippen molar-refractivity contribution in [2.24, 2.45) is 0 Å². The minimum atomic E-state index is -0.0269. The van der Waals surface area contributed by atoms with E-state index in [1.807, 2.05) is 77.5 Å². The molecule has 0 aliphatic carbocycles. The molecule has 0 spiro atoms. The summed E-state index contributed by atoms with van der Waals surface area (Å²) in [5.41, 5.74) is 3.90. The molecule has 2 aromatic heterocycles. The zero-order valence-corrected chi connectivity index (χ0v) is 16.4. The van der Waals surface area contributed by atoms with Crippen molar-refractivity contribution < 1.29 is 9.53 Å². The molecule has 1 N–H and O–H groups in total. The van der Waals surface area contributed by atoms with Crippen LogP contribution in [0.4, 0.5) is 0 Å². The average molecular weight is 391 g/mol. The second kappa shape index (κ2) is 8.27. The summed E-state index contributed by atoms with van der Waals surface area (Å²) in [4.78, 5) is 18.1. The van der Waals surface area contributed by atoms with Crippen molar-refractivity contribution >= 4 is 22.2 Å². The molecule has 0 aliphatic heterocycles. The summed E-state index contributed by atoms with van der Waals surface area (Å²) in [6.45, 7) is 3.00. The maximum atomic E-state index is 12.5. The SMILES string of the molecule is CCOc1ccccc1CNC(=O)Cc1csc2nc(-c3ccccc3)cn12. The van der Waals surface area contributed by atoms with Crippen LogP contribution in [0.5, 0.6) is 5.75 Å². The Labute approximate surface area is 167 Å². The number of nitrogens with zero attached hydrogens (tertiary/aromatic N) is 2. The Morgan fingerprint density at radius 1 is 1.14 bits per heavy atom. The number of amides is 1. The molecule has 5 nitrogen and oxygen atoms in total. The van der Waals surface area contributed by atoms with Crippen LogP contribution >= 0.6 is 11.3 Å². The van der Waals surface area contributed by atoms with E-state index < -0.39 is 0 Å². The predicted octanol–water partition coefficient (Wildman–Crippen LogP) is 4.32. The maximum Gasteiger partial charge on any atom is 0.226 e. The summed E-state index contributed by atoms with van der Waals surface area (Å²) in [7, 11) is 0. The van der Waals surface area contributed by atoms with E-state index in [4.69, 9.17) is 4.74 Å². The van der Waals surface area contributed by atoms with Crippen LogP contribution in [0.25, 0.3) is 16.2 Å². The number of benzene rings is 2. The Morgan fingerprint density at radius 3 is 2.75 bits per heavy atom. The molecule has 6 heteroatoms. The van der Waals surface area contributed by atoms with E-state index in [1.165, 1.54) is 0 Å². The molecule has 2 aromatic carbocycles. The number of hydrogen-bond donors (Lipinski definition) is 1. The van der Waals surface area contributed by atoms with Gasteiger partial charge in [-0.25, -0.2) is 4.98 Å². The third kappa shape index (κ3) is 3.92. The van der Waals surface area contributed by atoms with Crippen LogP contribution in [0.3, 0.4) is 0 Å². The van der Waals surface area contributed by atoms with Gasteiger partial charge in [-0.3, -0.25) is 9.20 Å². The quantitative estimate of drug-likeness (QED) is 0.510. The summed E-state index contributed by atoms with van der Waals surface area (Å²) in [5.74, 6) is 0.784. The maximum absolute atomic E-state index is 12.5. The molecule has 1 amide bonds. The molecule has 4 rings (SSSR count). The molecule has 0 fully saturated rings. The fourth-order valence-electron chi connectivity index (χ4n) is 3.07. The van der Waals surface area contributed by atoms with Crippen LogP contribution in [-0.2, 0) is 17.8 Å². The van der Waals surface area contributed by atoms with Gasteiger partial charge in [-0.15, -0.1) is 11.3 Å². The largest absolute Gasteiger partial charge is 0.494 e. The van der Waals surface area contributed by atoms with Gasteiger partial charge in [-0.05, 0) is 13.0 Å². The minimum Gasteiger partial charge on any atom is -0.494 e. The summed E-state index contributed by atoms with van der Waals surface area (Å²) in [5, 5.41) is 4.98. The molecule has 28 heavy (non-hydrogen) atoms. The first-order valence-electron chi connectivity index (χ1n) is 9.23. The molecule has 0 saturated carbocycles. The lowest BCUT2D eigenvalue weighted by Crippen LogP contribution is -2.25. The van der Waals surface area contributed by atoms with E-state index in [9.17, 15) is 4.79 Å². The number of nitrogens with one attached hydrogen (secondary N) is 1. The van der Waals surface area contributed by atoms with Crippen molar-refractivity contribution in [2.75, 3.05) is 6.61 Å². The fraction of sp³-hybridized carbons (Fsp3) is 0.182. The van der Waals surface area contributed by atoms with Gasteiger partial charge < -0.3 is 10.1 Å². The highest BCUT2D eigenvalue weighted by molar-refractivity contribution is 7.15. The molecular weight excluding hydrogens is 370 g/mol. The van der Waals surface area contributed by atoms with E-state index in [1.54, 1.807) is 11.3 Å². The van der Waals surface area contributed by atoms with E-state index >= 15 is 0 Å². The van der Waals surface area contributed by atoms with Gasteiger partial charge in [0, 0.05) is 34.9 Å². The van der Waals surface area contributed by atoms with E-state index in [-0.39, 0.29) is 5.91 Å². The van der Waals surface area contributed by atoms with Gasteiger partial charge >= 0.3 is 0 Å². The Hall–Kier alpha value is -3.12. The van der Waals surface area contributed by atoms with Crippen molar-refractivity contribution in [3.05, 3.63) is 77.4 Å². The molecular formula is C22H21N3O2S. The molecule has 0 unspecified atom stereocenters. The van der Waals surface area contributed by atoms with Crippen molar-refractivity contribution in [2.45, 2.75) is 19.9 Å². The highest BCUT2D eigenvalue weighted by Gasteiger charge is 2.13. The van der Waals surface area contributed by atoms with Gasteiger partial charge in [0.25, 0.3) is 0 Å². The lowest BCUT2D eigenvalue weighted by atomic mass is 10.2. The summed E-state index contributed by atoms with van der Waals surface area (Å²) >= 11 is 1.55. The zero-order valence-electron chi connectivity index (χ0n) is 15.6. The first-order chi connectivity index (χ1) is 13.7. The number of hydrogen-bond acceptors (Lipinski definition) is 4. The van der Waals surface area contributed by atoms with Gasteiger partial charge in [0.1, 0.15) is 5.75 Å².